The SMILES string of the molecule is CC(CS(C)(=O)=O)NC(=O)c1cccc(F)c1F. The standard InChI is InChI=1S/C11H13F2NO3S/c1-7(6-18(2,16)17)14-11(15)8-4-3-5-9(12)10(8)13/h3-5,7H,6H2,1-2H3,(H,14,15). The van der Waals surface area contributed by atoms with Gasteiger partial charge in [-0.2, -0.15) is 0 Å². The van der Waals surface area contributed by atoms with Crippen molar-refractivity contribution >= 4 is 15.7 Å². The highest BCUT2D eigenvalue weighted by Crippen LogP contribution is 2.11. The lowest BCUT2D eigenvalue weighted by molar-refractivity contribution is 0.0938. The van der Waals surface area contributed by atoms with Crippen LogP contribution in [0.2, 0.25) is 0 Å². The fourth-order valence-electron chi connectivity index (χ4n) is 1.48. The summed E-state index contributed by atoms with van der Waals surface area (Å²) in [5, 5.41) is 2.30. The van der Waals surface area contributed by atoms with E-state index in [1.165, 1.54) is 13.0 Å². The molecule has 0 saturated heterocycles. The second-order valence-electron chi connectivity index (χ2n) is 4.07. The van der Waals surface area contributed by atoms with Crippen molar-refractivity contribution in [3.8, 4) is 0 Å². The lowest BCUT2D eigenvalue weighted by atomic mass is 10.2. The highest BCUT2D eigenvalue weighted by Gasteiger charge is 2.18. The largest absolute Gasteiger partial charge is 0.348 e. The first-order chi connectivity index (χ1) is 8.20. The molecular formula is C11H13F2NO3S. The van der Waals surface area contributed by atoms with Gasteiger partial charge in [0, 0.05) is 12.3 Å². The van der Waals surface area contributed by atoms with Gasteiger partial charge in [0.15, 0.2) is 11.6 Å². The van der Waals surface area contributed by atoms with Gasteiger partial charge in [0.2, 0.25) is 0 Å². The zero-order chi connectivity index (χ0) is 13.9. The number of carbonyl (C=O) groups is 1. The summed E-state index contributed by atoms with van der Waals surface area (Å²) in [6.45, 7) is 1.47. The van der Waals surface area contributed by atoms with Crippen LogP contribution in [0.4, 0.5) is 8.78 Å². The van der Waals surface area contributed by atoms with E-state index in [2.05, 4.69) is 5.32 Å². The lowest BCUT2D eigenvalue weighted by Gasteiger charge is -2.13. The van der Waals surface area contributed by atoms with Crippen LogP contribution in [-0.4, -0.2) is 32.4 Å². The number of rotatable bonds is 4. The predicted octanol–water partition coefficient (Wildman–Crippen LogP) is 1.13. The summed E-state index contributed by atoms with van der Waals surface area (Å²) >= 11 is 0. The highest BCUT2D eigenvalue weighted by atomic mass is 32.2. The number of nitrogens with one attached hydrogen (secondary N) is 1. The van der Waals surface area contributed by atoms with Crippen molar-refractivity contribution in [2.45, 2.75) is 13.0 Å². The maximum Gasteiger partial charge on any atom is 0.254 e. The summed E-state index contributed by atoms with van der Waals surface area (Å²) < 4.78 is 48.2. The van der Waals surface area contributed by atoms with Gasteiger partial charge in [-0.3, -0.25) is 4.79 Å². The van der Waals surface area contributed by atoms with E-state index in [4.69, 9.17) is 0 Å². The fourth-order valence-corrected chi connectivity index (χ4v) is 2.47. The third-order valence-corrected chi connectivity index (χ3v) is 3.23. The Bertz CT molecular complexity index is 557. The Balaban J connectivity index is 2.80. The Labute approximate surface area is 104 Å². The third-order valence-electron chi connectivity index (χ3n) is 2.13. The topological polar surface area (TPSA) is 63.2 Å². The normalized spacial score (nSPS) is 13.1. The maximum absolute atomic E-state index is 13.3. The van der Waals surface area contributed by atoms with E-state index in [-0.39, 0.29) is 5.75 Å². The number of amides is 1. The molecule has 0 spiro atoms. The minimum absolute atomic E-state index is 0.268. The molecule has 1 amide bonds. The third kappa shape index (κ3) is 4.06. The van der Waals surface area contributed by atoms with Crippen molar-refractivity contribution in [1.82, 2.24) is 5.32 Å². The molecule has 0 aliphatic heterocycles. The average Bonchev–Trinajstić information content (AvgIpc) is 2.18. The van der Waals surface area contributed by atoms with Crippen molar-refractivity contribution in [2.75, 3.05) is 12.0 Å². The number of benzene rings is 1. The predicted molar refractivity (Wildman–Crippen MR) is 63.0 cm³/mol. The molecule has 0 saturated carbocycles. The van der Waals surface area contributed by atoms with Gasteiger partial charge in [-0.25, -0.2) is 17.2 Å². The Morgan fingerprint density at radius 1 is 1.39 bits per heavy atom. The van der Waals surface area contributed by atoms with E-state index in [1.807, 2.05) is 0 Å². The highest BCUT2D eigenvalue weighted by molar-refractivity contribution is 7.90. The van der Waals surface area contributed by atoms with Gasteiger partial charge in [-0.05, 0) is 19.1 Å². The minimum Gasteiger partial charge on any atom is -0.348 e. The van der Waals surface area contributed by atoms with Gasteiger partial charge in [-0.15, -0.1) is 0 Å². The number of hydrogen-bond donors (Lipinski definition) is 1. The van der Waals surface area contributed by atoms with E-state index in [0.717, 1.165) is 18.4 Å². The van der Waals surface area contributed by atoms with Crippen LogP contribution in [0.3, 0.4) is 0 Å². The van der Waals surface area contributed by atoms with Crippen LogP contribution in [0.5, 0.6) is 0 Å². The summed E-state index contributed by atoms with van der Waals surface area (Å²) in [6, 6.07) is 2.54. The van der Waals surface area contributed by atoms with Crippen molar-refractivity contribution < 1.29 is 22.0 Å². The molecule has 1 rings (SSSR count). The fraction of sp³-hybridized carbons (Fsp3) is 0.364. The van der Waals surface area contributed by atoms with Crippen LogP contribution in [0.15, 0.2) is 18.2 Å². The Hall–Kier alpha value is -1.50. The molecule has 0 aliphatic rings. The van der Waals surface area contributed by atoms with E-state index < -0.39 is 39.0 Å². The van der Waals surface area contributed by atoms with E-state index >= 15 is 0 Å². The quantitative estimate of drug-likeness (QED) is 0.897. The first-order valence-corrected chi connectivity index (χ1v) is 7.19. The minimum atomic E-state index is -3.25. The monoisotopic (exact) mass is 277 g/mol. The van der Waals surface area contributed by atoms with Gasteiger partial charge < -0.3 is 5.32 Å². The molecule has 1 aromatic rings. The molecule has 1 atom stereocenters. The Morgan fingerprint density at radius 3 is 2.56 bits per heavy atom. The lowest BCUT2D eigenvalue weighted by Crippen LogP contribution is -2.37. The molecule has 0 bridgehead atoms. The average molecular weight is 277 g/mol. The second-order valence-corrected chi connectivity index (χ2v) is 6.25. The molecular weight excluding hydrogens is 264 g/mol. The van der Waals surface area contributed by atoms with Crippen LogP contribution < -0.4 is 5.32 Å². The smallest absolute Gasteiger partial charge is 0.254 e. The van der Waals surface area contributed by atoms with Crippen molar-refractivity contribution in [3.05, 3.63) is 35.4 Å². The van der Waals surface area contributed by atoms with Gasteiger partial charge >= 0.3 is 0 Å². The molecule has 7 heteroatoms. The number of hydrogen-bond acceptors (Lipinski definition) is 3. The molecule has 4 nitrogen and oxygen atoms in total. The molecule has 0 heterocycles. The molecule has 1 aromatic carbocycles. The Morgan fingerprint density at radius 2 is 2.00 bits per heavy atom. The van der Waals surface area contributed by atoms with Crippen LogP contribution in [0.25, 0.3) is 0 Å². The van der Waals surface area contributed by atoms with Crippen molar-refractivity contribution in [3.63, 3.8) is 0 Å². The van der Waals surface area contributed by atoms with Crippen molar-refractivity contribution in [2.24, 2.45) is 0 Å². The molecule has 0 aliphatic carbocycles. The number of sulfone groups is 1. The number of halogens is 2. The van der Waals surface area contributed by atoms with Crippen LogP contribution >= 0.6 is 0 Å². The molecule has 1 unspecified atom stereocenters. The van der Waals surface area contributed by atoms with Crippen LogP contribution in [-0.2, 0) is 9.84 Å². The molecule has 0 aromatic heterocycles. The zero-order valence-electron chi connectivity index (χ0n) is 9.91. The van der Waals surface area contributed by atoms with Crippen LogP contribution in [0, 0.1) is 11.6 Å². The van der Waals surface area contributed by atoms with Gasteiger partial charge in [0.05, 0.1) is 11.3 Å². The summed E-state index contributed by atoms with van der Waals surface area (Å²) in [5.41, 5.74) is -0.449. The summed E-state index contributed by atoms with van der Waals surface area (Å²) in [4.78, 5) is 11.6. The van der Waals surface area contributed by atoms with Gasteiger partial charge in [-0.1, -0.05) is 6.07 Å². The van der Waals surface area contributed by atoms with Gasteiger partial charge in [0.1, 0.15) is 9.84 Å². The van der Waals surface area contributed by atoms with Crippen molar-refractivity contribution in [1.29, 1.82) is 0 Å². The summed E-state index contributed by atoms with van der Waals surface area (Å²) in [5.74, 6) is -3.49. The molecule has 100 valence electrons. The first kappa shape index (κ1) is 14.6. The maximum atomic E-state index is 13.3. The molecule has 0 fully saturated rings. The Kier molecular flexibility index (Phi) is 4.39. The number of carbonyl (C=O) groups excluding carboxylic acids is 1. The zero-order valence-corrected chi connectivity index (χ0v) is 10.7. The molecule has 18 heavy (non-hydrogen) atoms. The summed E-state index contributed by atoms with van der Waals surface area (Å²) in [7, 11) is -3.25. The summed E-state index contributed by atoms with van der Waals surface area (Å²) in [6.07, 6.45) is 1.03. The van der Waals surface area contributed by atoms with Gasteiger partial charge in [0.25, 0.3) is 5.91 Å². The van der Waals surface area contributed by atoms with E-state index in [0.29, 0.717) is 0 Å². The molecule has 1 N–H and O–H groups in total. The first-order valence-electron chi connectivity index (χ1n) is 5.13. The van der Waals surface area contributed by atoms with Crippen LogP contribution in [0.1, 0.15) is 17.3 Å². The van der Waals surface area contributed by atoms with E-state index in [9.17, 15) is 22.0 Å². The van der Waals surface area contributed by atoms with E-state index in [1.54, 1.807) is 0 Å². The second kappa shape index (κ2) is 5.43. The molecule has 0 radical (unpaired) electrons.